The van der Waals surface area contributed by atoms with Gasteiger partial charge in [-0.05, 0) is 69.0 Å². The highest BCUT2D eigenvalue weighted by Gasteiger charge is 2.33. The second-order valence-electron chi connectivity index (χ2n) is 7.87. The fourth-order valence-electron chi connectivity index (χ4n) is 3.19. The van der Waals surface area contributed by atoms with Crippen LogP contribution in [0.2, 0.25) is 5.02 Å². The maximum atomic E-state index is 11.4. The predicted octanol–water partition coefficient (Wildman–Crippen LogP) is 5.53. The van der Waals surface area contributed by atoms with Crippen LogP contribution in [0, 0.1) is 0 Å². The molecule has 1 N–H and O–H groups in total. The lowest BCUT2D eigenvalue weighted by Gasteiger charge is -2.24. The van der Waals surface area contributed by atoms with E-state index in [1.165, 1.54) is 0 Å². The summed E-state index contributed by atoms with van der Waals surface area (Å²) < 4.78 is 23.0. The number of fused-ring (bicyclic) bond motifs is 1. The standard InChI is InChI=1S/C24H29ClO6/c1-4-24(3,23(26)27)31-19-10-8-18(9-11-19)28-12-5-13-29-22-15-21-17(14-20(22)25)7-6-16(2)30-21/h8-11,14-16H,4-7,12-13H2,1-3H3,(H,26,27)/t16?,24-/m1/s1. The molecule has 168 valence electrons. The van der Waals surface area contributed by atoms with Gasteiger partial charge in [0.15, 0.2) is 0 Å². The molecule has 2 aromatic rings. The number of aryl methyl sites for hydroxylation is 1. The van der Waals surface area contributed by atoms with Crippen molar-refractivity contribution in [1.29, 1.82) is 0 Å². The molecule has 2 aromatic carbocycles. The second-order valence-corrected chi connectivity index (χ2v) is 8.28. The first-order valence-corrected chi connectivity index (χ1v) is 11.0. The zero-order valence-electron chi connectivity index (χ0n) is 18.2. The third kappa shape index (κ3) is 5.97. The lowest BCUT2D eigenvalue weighted by Crippen LogP contribution is -2.40. The highest BCUT2D eigenvalue weighted by atomic mass is 35.5. The van der Waals surface area contributed by atoms with Gasteiger partial charge in [-0.2, -0.15) is 0 Å². The highest BCUT2D eigenvalue weighted by Crippen LogP contribution is 2.36. The van der Waals surface area contributed by atoms with E-state index in [0.29, 0.717) is 48.3 Å². The van der Waals surface area contributed by atoms with Crippen molar-refractivity contribution in [3.8, 4) is 23.0 Å². The quantitative estimate of drug-likeness (QED) is 0.481. The summed E-state index contributed by atoms with van der Waals surface area (Å²) in [5.74, 6) is 1.64. The number of carbonyl (C=O) groups is 1. The van der Waals surface area contributed by atoms with E-state index < -0.39 is 11.6 Å². The van der Waals surface area contributed by atoms with E-state index in [-0.39, 0.29) is 6.10 Å². The third-order valence-corrected chi connectivity index (χ3v) is 5.67. The molecular weight excluding hydrogens is 420 g/mol. The Hall–Kier alpha value is -2.60. The number of rotatable bonds is 10. The fraction of sp³-hybridized carbons (Fsp3) is 0.458. The Labute approximate surface area is 188 Å². The number of aliphatic carboxylic acids is 1. The maximum Gasteiger partial charge on any atom is 0.347 e. The smallest absolute Gasteiger partial charge is 0.347 e. The molecular formula is C24H29ClO6. The van der Waals surface area contributed by atoms with Crippen molar-refractivity contribution < 1.29 is 28.8 Å². The van der Waals surface area contributed by atoms with Crippen LogP contribution in [0.15, 0.2) is 36.4 Å². The Morgan fingerprint density at radius 2 is 1.87 bits per heavy atom. The van der Waals surface area contributed by atoms with Gasteiger partial charge in [0.05, 0.1) is 24.3 Å². The van der Waals surface area contributed by atoms with Crippen molar-refractivity contribution in [2.45, 2.75) is 58.2 Å². The summed E-state index contributed by atoms with van der Waals surface area (Å²) in [4.78, 5) is 11.4. The molecule has 1 aliphatic heterocycles. The minimum absolute atomic E-state index is 0.201. The highest BCUT2D eigenvalue weighted by molar-refractivity contribution is 6.32. The van der Waals surface area contributed by atoms with Crippen LogP contribution >= 0.6 is 11.6 Å². The largest absolute Gasteiger partial charge is 0.493 e. The van der Waals surface area contributed by atoms with Crippen LogP contribution in [0.1, 0.15) is 45.6 Å². The predicted molar refractivity (Wildman–Crippen MR) is 119 cm³/mol. The summed E-state index contributed by atoms with van der Waals surface area (Å²) in [7, 11) is 0. The van der Waals surface area contributed by atoms with Crippen molar-refractivity contribution in [3.05, 3.63) is 47.0 Å². The first-order chi connectivity index (χ1) is 14.8. The lowest BCUT2D eigenvalue weighted by molar-refractivity contribution is -0.154. The van der Waals surface area contributed by atoms with Crippen LogP contribution in [0.5, 0.6) is 23.0 Å². The van der Waals surface area contributed by atoms with E-state index in [2.05, 4.69) is 6.92 Å². The zero-order chi connectivity index (χ0) is 22.4. The van der Waals surface area contributed by atoms with Gasteiger partial charge in [0, 0.05) is 12.5 Å². The summed E-state index contributed by atoms with van der Waals surface area (Å²) in [5, 5.41) is 9.90. The van der Waals surface area contributed by atoms with Crippen molar-refractivity contribution in [3.63, 3.8) is 0 Å². The summed E-state index contributed by atoms with van der Waals surface area (Å²) in [6.45, 7) is 6.32. The first-order valence-electron chi connectivity index (χ1n) is 10.6. The van der Waals surface area contributed by atoms with Crippen LogP contribution < -0.4 is 18.9 Å². The second kappa shape index (κ2) is 10.1. The van der Waals surface area contributed by atoms with Crippen molar-refractivity contribution in [2.24, 2.45) is 0 Å². The number of carboxylic acid groups (broad SMARTS) is 1. The van der Waals surface area contributed by atoms with E-state index in [1.807, 2.05) is 12.1 Å². The average Bonchev–Trinajstić information content (AvgIpc) is 2.75. The molecule has 0 amide bonds. The van der Waals surface area contributed by atoms with Crippen LogP contribution in [-0.4, -0.2) is 36.0 Å². The zero-order valence-corrected chi connectivity index (χ0v) is 18.9. The molecule has 0 radical (unpaired) electrons. The Balaban J connectivity index is 1.44. The van der Waals surface area contributed by atoms with Crippen molar-refractivity contribution in [2.75, 3.05) is 13.2 Å². The molecule has 31 heavy (non-hydrogen) atoms. The Bertz CT molecular complexity index is 898. The Morgan fingerprint density at radius 3 is 2.55 bits per heavy atom. The minimum Gasteiger partial charge on any atom is -0.493 e. The van der Waals surface area contributed by atoms with Gasteiger partial charge in [0.1, 0.15) is 23.0 Å². The van der Waals surface area contributed by atoms with E-state index >= 15 is 0 Å². The van der Waals surface area contributed by atoms with Gasteiger partial charge in [-0.3, -0.25) is 0 Å². The molecule has 0 aromatic heterocycles. The van der Waals surface area contributed by atoms with E-state index in [9.17, 15) is 9.90 Å². The lowest BCUT2D eigenvalue weighted by atomic mass is 10.0. The number of ether oxygens (including phenoxy) is 4. The molecule has 0 bridgehead atoms. The van der Waals surface area contributed by atoms with Crippen LogP contribution in [0.4, 0.5) is 0 Å². The van der Waals surface area contributed by atoms with Crippen LogP contribution in [-0.2, 0) is 11.2 Å². The molecule has 0 saturated heterocycles. The third-order valence-electron chi connectivity index (χ3n) is 5.37. The summed E-state index contributed by atoms with van der Waals surface area (Å²) >= 11 is 6.34. The molecule has 0 fully saturated rings. The average molecular weight is 449 g/mol. The molecule has 7 heteroatoms. The van der Waals surface area contributed by atoms with Crippen LogP contribution in [0.3, 0.4) is 0 Å². The van der Waals surface area contributed by atoms with Crippen molar-refractivity contribution in [1.82, 2.24) is 0 Å². The Kier molecular flexibility index (Phi) is 7.55. The molecule has 1 unspecified atom stereocenters. The summed E-state index contributed by atoms with van der Waals surface area (Å²) in [5.41, 5.74) is -0.130. The number of benzene rings is 2. The molecule has 0 spiro atoms. The molecule has 0 saturated carbocycles. The van der Waals surface area contributed by atoms with Crippen LogP contribution in [0.25, 0.3) is 0 Å². The van der Waals surface area contributed by atoms with Gasteiger partial charge in [0.2, 0.25) is 5.60 Å². The van der Waals surface area contributed by atoms with E-state index in [4.69, 9.17) is 30.5 Å². The SMILES string of the molecule is CC[C@@](C)(Oc1ccc(OCCCOc2cc3c(cc2Cl)CCC(C)O3)cc1)C(=O)O. The molecule has 1 heterocycles. The number of halogens is 1. The normalized spacial score (nSPS) is 17.1. The van der Waals surface area contributed by atoms with Gasteiger partial charge in [-0.1, -0.05) is 18.5 Å². The van der Waals surface area contributed by atoms with Gasteiger partial charge in [0.25, 0.3) is 0 Å². The summed E-state index contributed by atoms with van der Waals surface area (Å²) in [6.07, 6.45) is 3.19. The molecule has 1 aliphatic rings. The monoisotopic (exact) mass is 448 g/mol. The van der Waals surface area contributed by atoms with Gasteiger partial charge in [-0.25, -0.2) is 4.79 Å². The molecule has 6 nitrogen and oxygen atoms in total. The van der Waals surface area contributed by atoms with E-state index in [1.54, 1.807) is 38.1 Å². The van der Waals surface area contributed by atoms with Gasteiger partial charge < -0.3 is 24.1 Å². The fourth-order valence-corrected chi connectivity index (χ4v) is 3.43. The number of carboxylic acids is 1. The number of hydrogen-bond donors (Lipinski definition) is 1. The van der Waals surface area contributed by atoms with Gasteiger partial charge >= 0.3 is 5.97 Å². The minimum atomic E-state index is -1.25. The summed E-state index contributed by atoms with van der Waals surface area (Å²) in [6, 6.07) is 10.7. The Morgan fingerprint density at radius 1 is 1.19 bits per heavy atom. The maximum absolute atomic E-state index is 11.4. The molecule has 2 atom stereocenters. The van der Waals surface area contributed by atoms with Gasteiger partial charge in [-0.15, -0.1) is 0 Å². The van der Waals surface area contributed by atoms with Crippen molar-refractivity contribution >= 4 is 17.6 Å². The topological polar surface area (TPSA) is 74.2 Å². The first kappa shape index (κ1) is 23.1. The molecule has 3 rings (SSSR count). The molecule has 0 aliphatic carbocycles. The number of hydrogen-bond acceptors (Lipinski definition) is 5. The van der Waals surface area contributed by atoms with E-state index in [0.717, 1.165) is 24.2 Å².